The molecule has 162 valence electrons. The number of alkyl halides is 3. The molecule has 0 N–H and O–H groups in total. The summed E-state index contributed by atoms with van der Waals surface area (Å²) < 4.78 is 51.5. The van der Waals surface area contributed by atoms with Gasteiger partial charge in [0.15, 0.2) is 0 Å². The molecule has 0 aromatic heterocycles. The molecule has 0 aliphatic carbocycles. The summed E-state index contributed by atoms with van der Waals surface area (Å²) in [4.78, 5) is 16.8. The molecule has 3 nitrogen and oxygen atoms in total. The van der Waals surface area contributed by atoms with Crippen LogP contribution in [0.3, 0.4) is 0 Å². The van der Waals surface area contributed by atoms with Gasteiger partial charge in [0.2, 0.25) is 5.91 Å². The Kier molecular flexibility index (Phi) is 6.50. The van der Waals surface area contributed by atoms with Crippen molar-refractivity contribution >= 4 is 11.6 Å². The number of rotatable bonds is 5. The van der Waals surface area contributed by atoms with Gasteiger partial charge in [0.1, 0.15) is 5.82 Å². The molecule has 3 rings (SSSR count). The van der Waals surface area contributed by atoms with Gasteiger partial charge in [-0.25, -0.2) is 4.39 Å². The fraction of sp³-hybridized carbons (Fsp3) is 0.435. The quantitative estimate of drug-likeness (QED) is 0.619. The second kappa shape index (κ2) is 8.76. The molecule has 0 radical (unpaired) electrons. The van der Waals surface area contributed by atoms with Crippen molar-refractivity contribution < 1.29 is 22.4 Å². The van der Waals surface area contributed by atoms with Gasteiger partial charge in [-0.05, 0) is 49.7 Å². The van der Waals surface area contributed by atoms with Crippen LogP contribution in [0.5, 0.6) is 0 Å². The first kappa shape index (κ1) is 22.3. The number of piperidine rings is 1. The molecule has 1 fully saturated rings. The highest BCUT2D eigenvalue weighted by atomic mass is 19.4. The highest BCUT2D eigenvalue weighted by Crippen LogP contribution is 2.35. The molecule has 1 heterocycles. The minimum Gasteiger partial charge on any atom is -0.315 e. The standard InChI is InChI=1S/C23H26F4N2O/c1-22(11-13-29(14-12-22)16-18-5-3-4-6-20(18)24)21(30)28(2)19-9-7-17(8-10-19)15-23(25,26)27/h3-10H,11-16H2,1-2H3. The van der Waals surface area contributed by atoms with Crippen molar-refractivity contribution in [2.45, 2.75) is 38.9 Å². The van der Waals surface area contributed by atoms with Crippen LogP contribution in [0.15, 0.2) is 48.5 Å². The molecule has 0 spiro atoms. The number of nitrogens with zero attached hydrogens (tertiary/aromatic N) is 2. The maximum absolute atomic E-state index is 13.9. The number of halogens is 4. The number of likely N-dealkylation sites (tertiary alicyclic amines) is 1. The van der Waals surface area contributed by atoms with E-state index in [4.69, 9.17) is 0 Å². The van der Waals surface area contributed by atoms with Crippen molar-refractivity contribution in [1.82, 2.24) is 4.90 Å². The summed E-state index contributed by atoms with van der Waals surface area (Å²) in [5, 5.41) is 0. The van der Waals surface area contributed by atoms with Gasteiger partial charge >= 0.3 is 6.18 Å². The molecule has 7 heteroatoms. The third-order valence-electron chi connectivity index (χ3n) is 5.86. The zero-order valence-corrected chi connectivity index (χ0v) is 17.2. The highest BCUT2D eigenvalue weighted by Gasteiger charge is 2.39. The Bertz CT molecular complexity index is 872. The van der Waals surface area contributed by atoms with Crippen LogP contribution in [0, 0.1) is 11.2 Å². The summed E-state index contributed by atoms with van der Waals surface area (Å²) in [7, 11) is 1.65. The smallest absolute Gasteiger partial charge is 0.315 e. The molecule has 0 atom stereocenters. The SMILES string of the molecule is CN(C(=O)C1(C)CCN(Cc2ccccc2F)CC1)c1ccc(CC(F)(F)F)cc1. The van der Waals surface area contributed by atoms with Crippen LogP contribution < -0.4 is 4.90 Å². The van der Waals surface area contributed by atoms with E-state index < -0.39 is 18.0 Å². The Balaban J connectivity index is 1.60. The van der Waals surface area contributed by atoms with Gasteiger partial charge in [-0.3, -0.25) is 9.69 Å². The molecule has 0 saturated carbocycles. The minimum atomic E-state index is -4.26. The first-order valence-electron chi connectivity index (χ1n) is 9.97. The van der Waals surface area contributed by atoms with Crippen molar-refractivity contribution in [3.63, 3.8) is 0 Å². The second-order valence-corrected chi connectivity index (χ2v) is 8.25. The van der Waals surface area contributed by atoms with Crippen LogP contribution in [-0.4, -0.2) is 37.1 Å². The third kappa shape index (κ3) is 5.39. The van der Waals surface area contributed by atoms with E-state index in [0.717, 1.165) is 0 Å². The van der Waals surface area contributed by atoms with E-state index in [1.165, 1.54) is 23.1 Å². The van der Waals surface area contributed by atoms with Gasteiger partial charge in [-0.2, -0.15) is 13.2 Å². The first-order chi connectivity index (χ1) is 14.1. The van der Waals surface area contributed by atoms with Crippen LogP contribution in [0.2, 0.25) is 0 Å². The Morgan fingerprint density at radius 2 is 1.67 bits per heavy atom. The molecular weight excluding hydrogens is 396 g/mol. The average molecular weight is 422 g/mol. The Hall–Kier alpha value is -2.41. The summed E-state index contributed by atoms with van der Waals surface area (Å²) in [6.07, 6.45) is -3.97. The monoisotopic (exact) mass is 422 g/mol. The normalized spacial score (nSPS) is 17.0. The number of hydrogen-bond acceptors (Lipinski definition) is 2. The number of carbonyl (C=O) groups is 1. The zero-order valence-electron chi connectivity index (χ0n) is 17.2. The van der Waals surface area contributed by atoms with Crippen molar-refractivity contribution in [3.8, 4) is 0 Å². The van der Waals surface area contributed by atoms with Gasteiger partial charge in [-0.15, -0.1) is 0 Å². The third-order valence-corrected chi connectivity index (χ3v) is 5.86. The Morgan fingerprint density at radius 1 is 1.07 bits per heavy atom. The lowest BCUT2D eigenvalue weighted by molar-refractivity contribution is -0.130. The molecular formula is C23H26F4N2O. The van der Waals surface area contributed by atoms with Crippen molar-refractivity contribution in [3.05, 3.63) is 65.5 Å². The van der Waals surface area contributed by atoms with Gasteiger partial charge in [-0.1, -0.05) is 37.3 Å². The lowest BCUT2D eigenvalue weighted by Gasteiger charge is -2.40. The Labute approximate surface area is 174 Å². The molecule has 2 aromatic rings. The van der Waals surface area contributed by atoms with Crippen LogP contribution >= 0.6 is 0 Å². The predicted octanol–water partition coefficient (Wildman–Crippen LogP) is 5.20. The van der Waals surface area contributed by atoms with Crippen LogP contribution in [0.1, 0.15) is 30.9 Å². The summed E-state index contributed by atoms with van der Waals surface area (Å²) in [6.45, 7) is 3.78. The average Bonchev–Trinajstić information content (AvgIpc) is 2.70. The van der Waals surface area contributed by atoms with E-state index in [1.807, 2.05) is 13.0 Å². The van der Waals surface area contributed by atoms with E-state index >= 15 is 0 Å². The first-order valence-corrected chi connectivity index (χ1v) is 9.97. The maximum atomic E-state index is 13.9. The van der Waals surface area contributed by atoms with Crippen molar-refractivity contribution in [1.29, 1.82) is 0 Å². The number of hydrogen-bond donors (Lipinski definition) is 0. The number of anilines is 1. The summed E-state index contributed by atoms with van der Waals surface area (Å²) in [6, 6.07) is 12.6. The number of amides is 1. The van der Waals surface area contributed by atoms with Gasteiger partial charge < -0.3 is 4.90 Å². The van der Waals surface area contributed by atoms with E-state index in [1.54, 1.807) is 31.3 Å². The number of benzene rings is 2. The predicted molar refractivity (Wildman–Crippen MR) is 109 cm³/mol. The molecule has 1 saturated heterocycles. The maximum Gasteiger partial charge on any atom is 0.393 e. The van der Waals surface area contributed by atoms with Crippen LogP contribution in [0.4, 0.5) is 23.2 Å². The van der Waals surface area contributed by atoms with Crippen molar-refractivity contribution in [2.75, 3.05) is 25.0 Å². The molecule has 1 amide bonds. The van der Waals surface area contributed by atoms with E-state index in [2.05, 4.69) is 4.90 Å². The molecule has 1 aliphatic rings. The molecule has 2 aromatic carbocycles. The largest absolute Gasteiger partial charge is 0.393 e. The van der Waals surface area contributed by atoms with Crippen LogP contribution in [0.25, 0.3) is 0 Å². The van der Waals surface area contributed by atoms with E-state index in [9.17, 15) is 22.4 Å². The van der Waals surface area contributed by atoms with Crippen molar-refractivity contribution in [2.24, 2.45) is 5.41 Å². The molecule has 0 bridgehead atoms. The van der Waals surface area contributed by atoms with Crippen LogP contribution in [-0.2, 0) is 17.8 Å². The van der Waals surface area contributed by atoms with Gasteiger partial charge in [0.05, 0.1) is 6.42 Å². The summed E-state index contributed by atoms with van der Waals surface area (Å²) >= 11 is 0. The second-order valence-electron chi connectivity index (χ2n) is 8.25. The topological polar surface area (TPSA) is 23.6 Å². The fourth-order valence-corrected chi connectivity index (χ4v) is 3.88. The molecule has 0 unspecified atom stereocenters. The van der Waals surface area contributed by atoms with E-state index in [-0.39, 0.29) is 17.3 Å². The summed E-state index contributed by atoms with van der Waals surface area (Å²) in [5.41, 5.74) is 0.815. The van der Waals surface area contributed by atoms with Gasteiger partial charge in [0.25, 0.3) is 0 Å². The number of carbonyl (C=O) groups excluding carboxylic acids is 1. The van der Waals surface area contributed by atoms with E-state index in [0.29, 0.717) is 43.7 Å². The highest BCUT2D eigenvalue weighted by molar-refractivity contribution is 5.97. The lowest BCUT2D eigenvalue weighted by atomic mass is 9.79. The summed E-state index contributed by atoms with van der Waals surface area (Å²) in [5.74, 6) is -0.285. The zero-order chi connectivity index (χ0) is 21.9. The Morgan fingerprint density at radius 3 is 2.23 bits per heavy atom. The molecule has 1 aliphatic heterocycles. The van der Waals surface area contributed by atoms with Gasteiger partial charge in [0, 0.05) is 30.3 Å². The lowest BCUT2D eigenvalue weighted by Crippen LogP contribution is -2.47. The minimum absolute atomic E-state index is 0.0587. The molecule has 30 heavy (non-hydrogen) atoms. The fourth-order valence-electron chi connectivity index (χ4n) is 3.88.